The van der Waals surface area contributed by atoms with Gasteiger partial charge in [-0.05, 0) is 42.3 Å². The molecular formula is C26H23N5O2. The van der Waals surface area contributed by atoms with E-state index >= 15 is 0 Å². The van der Waals surface area contributed by atoms with Gasteiger partial charge in [0.1, 0.15) is 24.7 Å². The van der Waals surface area contributed by atoms with E-state index in [1.807, 2.05) is 91.9 Å². The van der Waals surface area contributed by atoms with Crippen LogP contribution in [-0.2, 0) is 11.4 Å². The molecule has 0 aliphatic carbocycles. The molecule has 33 heavy (non-hydrogen) atoms. The van der Waals surface area contributed by atoms with Gasteiger partial charge in [0.15, 0.2) is 0 Å². The molecule has 1 amide bonds. The Kier molecular flexibility index (Phi) is 5.59. The van der Waals surface area contributed by atoms with Crippen LogP contribution in [0.5, 0.6) is 5.75 Å². The highest BCUT2D eigenvalue weighted by Gasteiger charge is 2.33. The molecule has 1 aromatic heterocycles. The second kappa shape index (κ2) is 9.00. The van der Waals surface area contributed by atoms with E-state index in [-0.39, 0.29) is 5.91 Å². The van der Waals surface area contributed by atoms with Crippen molar-refractivity contribution in [1.82, 2.24) is 14.8 Å². The van der Waals surface area contributed by atoms with Crippen molar-refractivity contribution >= 4 is 17.5 Å². The zero-order chi connectivity index (χ0) is 22.6. The fraction of sp³-hybridized carbons (Fsp3) is 0.115. The third kappa shape index (κ3) is 4.34. The molecule has 1 aliphatic heterocycles. The van der Waals surface area contributed by atoms with Crippen LogP contribution >= 0.6 is 0 Å². The summed E-state index contributed by atoms with van der Waals surface area (Å²) in [5, 5.41) is 10.6. The Hall–Kier alpha value is -4.39. The minimum absolute atomic E-state index is 0.201. The molecular weight excluding hydrogens is 414 g/mol. The second-order valence-electron chi connectivity index (χ2n) is 7.76. The number of hydrogen-bond donors (Lipinski definition) is 2. The summed E-state index contributed by atoms with van der Waals surface area (Å²) >= 11 is 0. The van der Waals surface area contributed by atoms with Gasteiger partial charge in [0, 0.05) is 11.4 Å². The minimum Gasteiger partial charge on any atom is -0.489 e. The lowest BCUT2D eigenvalue weighted by Crippen LogP contribution is -2.31. The van der Waals surface area contributed by atoms with Crippen LogP contribution in [0.15, 0.2) is 103 Å². The Labute approximate surface area is 191 Å². The van der Waals surface area contributed by atoms with Gasteiger partial charge >= 0.3 is 0 Å². The van der Waals surface area contributed by atoms with E-state index in [9.17, 15) is 4.79 Å². The fourth-order valence-electron chi connectivity index (χ4n) is 3.93. The number of nitrogens with one attached hydrogen (secondary N) is 2. The first-order valence-electron chi connectivity index (χ1n) is 10.7. The van der Waals surface area contributed by atoms with Gasteiger partial charge in [0.25, 0.3) is 5.91 Å². The van der Waals surface area contributed by atoms with E-state index in [0.717, 1.165) is 28.3 Å². The van der Waals surface area contributed by atoms with Gasteiger partial charge in [0.05, 0.1) is 5.57 Å². The monoisotopic (exact) mass is 437 g/mol. The first kappa shape index (κ1) is 20.5. The Balaban J connectivity index is 1.47. The molecule has 1 atom stereocenters. The van der Waals surface area contributed by atoms with Gasteiger partial charge in [-0.25, -0.2) is 4.68 Å². The van der Waals surface area contributed by atoms with Crippen molar-refractivity contribution in [1.29, 1.82) is 0 Å². The molecule has 4 aromatic rings. The van der Waals surface area contributed by atoms with Crippen LogP contribution in [0.25, 0.3) is 0 Å². The number of fused-ring (bicyclic) bond motifs is 1. The van der Waals surface area contributed by atoms with Crippen LogP contribution in [0.2, 0.25) is 0 Å². The number of carbonyl (C=O) groups is 1. The van der Waals surface area contributed by atoms with Crippen molar-refractivity contribution < 1.29 is 9.53 Å². The molecule has 2 N–H and O–H groups in total. The zero-order valence-corrected chi connectivity index (χ0v) is 18.1. The number of amides is 1. The predicted octanol–water partition coefficient (Wildman–Crippen LogP) is 4.78. The minimum atomic E-state index is -0.451. The van der Waals surface area contributed by atoms with Gasteiger partial charge in [-0.1, -0.05) is 60.7 Å². The van der Waals surface area contributed by atoms with E-state index in [4.69, 9.17) is 4.74 Å². The van der Waals surface area contributed by atoms with Gasteiger partial charge in [-0.2, -0.15) is 10.1 Å². The smallest absolute Gasteiger partial charge is 0.255 e. The number of carbonyl (C=O) groups excluding carboxylic acids is 1. The van der Waals surface area contributed by atoms with Gasteiger partial charge in [0.2, 0.25) is 5.95 Å². The Bertz CT molecular complexity index is 1300. The maximum Gasteiger partial charge on any atom is 0.255 e. The lowest BCUT2D eigenvalue weighted by atomic mass is 9.95. The van der Waals surface area contributed by atoms with E-state index < -0.39 is 6.04 Å². The number of para-hydroxylation sites is 1. The number of hydrogen-bond acceptors (Lipinski definition) is 5. The van der Waals surface area contributed by atoms with Gasteiger partial charge in [-0.15, -0.1) is 0 Å². The third-order valence-electron chi connectivity index (χ3n) is 5.49. The molecule has 0 radical (unpaired) electrons. The Morgan fingerprint density at radius 3 is 2.58 bits per heavy atom. The predicted molar refractivity (Wildman–Crippen MR) is 127 cm³/mol. The summed E-state index contributed by atoms with van der Waals surface area (Å²) in [5.74, 6) is 1.11. The van der Waals surface area contributed by atoms with Crippen molar-refractivity contribution in [3.8, 4) is 5.75 Å². The lowest BCUT2D eigenvalue weighted by molar-refractivity contribution is -0.113. The summed E-state index contributed by atoms with van der Waals surface area (Å²) in [5.41, 5.74) is 3.99. The highest BCUT2D eigenvalue weighted by atomic mass is 16.5. The fourth-order valence-corrected chi connectivity index (χ4v) is 3.93. The zero-order valence-electron chi connectivity index (χ0n) is 18.1. The molecule has 2 heterocycles. The number of nitrogens with zero attached hydrogens (tertiary/aromatic N) is 3. The molecule has 0 saturated heterocycles. The van der Waals surface area contributed by atoms with E-state index in [2.05, 4.69) is 20.7 Å². The van der Waals surface area contributed by atoms with Crippen molar-refractivity contribution in [3.05, 3.63) is 114 Å². The number of rotatable bonds is 6. The van der Waals surface area contributed by atoms with Crippen molar-refractivity contribution in [3.63, 3.8) is 0 Å². The highest BCUT2D eigenvalue weighted by molar-refractivity contribution is 6.06. The molecule has 0 bridgehead atoms. The number of anilines is 2. The molecule has 0 fully saturated rings. The molecule has 3 aromatic carbocycles. The van der Waals surface area contributed by atoms with Crippen molar-refractivity contribution in [2.75, 3.05) is 10.6 Å². The van der Waals surface area contributed by atoms with Crippen LogP contribution in [0.4, 0.5) is 11.6 Å². The SMILES string of the molecule is CC1=C(C(=O)Nc2ccccc2)[C@H](c2cccc(OCc3ccccc3)c2)n2ncnc2N1. The quantitative estimate of drug-likeness (QED) is 0.454. The topological polar surface area (TPSA) is 81.1 Å². The summed E-state index contributed by atoms with van der Waals surface area (Å²) in [7, 11) is 0. The summed E-state index contributed by atoms with van der Waals surface area (Å²) in [6.07, 6.45) is 1.48. The molecule has 0 unspecified atom stereocenters. The summed E-state index contributed by atoms with van der Waals surface area (Å²) < 4.78 is 7.76. The molecule has 7 nitrogen and oxygen atoms in total. The van der Waals surface area contributed by atoms with Crippen molar-refractivity contribution in [2.45, 2.75) is 19.6 Å². The van der Waals surface area contributed by atoms with Gasteiger partial charge in [-0.3, -0.25) is 4.79 Å². The third-order valence-corrected chi connectivity index (χ3v) is 5.49. The number of aromatic nitrogens is 3. The largest absolute Gasteiger partial charge is 0.489 e. The van der Waals surface area contributed by atoms with E-state index in [1.54, 1.807) is 4.68 Å². The van der Waals surface area contributed by atoms with E-state index in [0.29, 0.717) is 18.1 Å². The Morgan fingerprint density at radius 1 is 1.03 bits per heavy atom. The number of benzene rings is 3. The van der Waals surface area contributed by atoms with Crippen LogP contribution in [-0.4, -0.2) is 20.7 Å². The van der Waals surface area contributed by atoms with Crippen LogP contribution in [0.3, 0.4) is 0 Å². The maximum atomic E-state index is 13.4. The summed E-state index contributed by atoms with van der Waals surface area (Å²) in [6, 6.07) is 26.7. The average molecular weight is 438 g/mol. The number of allylic oxidation sites excluding steroid dienone is 1. The lowest BCUT2D eigenvalue weighted by Gasteiger charge is -2.29. The van der Waals surface area contributed by atoms with Crippen molar-refractivity contribution in [2.24, 2.45) is 0 Å². The number of ether oxygens (including phenoxy) is 1. The van der Waals surface area contributed by atoms with Gasteiger partial charge < -0.3 is 15.4 Å². The first-order chi connectivity index (χ1) is 16.2. The summed E-state index contributed by atoms with van der Waals surface area (Å²) in [6.45, 7) is 2.34. The van der Waals surface area contributed by atoms with Crippen LogP contribution in [0.1, 0.15) is 24.1 Å². The molecule has 1 aliphatic rings. The second-order valence-corrected chi connectivity index (χ2v) is 7.76. The van der Waals surface area contributed by atoms with E-state index in [1.165, 1.54) is 6.33 Å². The first-order valence-corrected chi connectivity index (χ1v) is 10.7. The molecule has 0 saturated carbocycles. The van der Waals surface area contributed by atoms with Crippen LogP contribution in [0, 0.1) is 0 Å². The standard InChI is InChI=1S/C26H23N5O2/c1-18-23(25(32)30-21-12-6-3-7-13-21)24(31-26(29-18)27-17-28-31)20-11-8-14-22(15-20)33-16-19-9-4-2-5-10-19/h2-15,17,24H,16H2,1H3,(H,30,32)(H,27,28,29)/t24-/m0/s1. The van der Waals surface area contributed by atoms with Crippen LogP contribution < -0.4 is 15.4 Å². The highest BCUT2D eigenvalue weighted by Crippen LogP contribution is 2.36. The molecule has 7 heteroatoms. The normalized spacial score (nSPS) is 14.9. The molecule has 164 valence electrons. The maximum absolute atomic E-state index is 13.4. The Morgan fingerprint density at radius 2 is 1.79 bits per heavy atom. The molecule has 0 spiro atoms. The average Bonchev–Trinajstić information content (AvgIpc) is 3.31. The summed E-state index contributed by atoms with van der Waals surface area (Å²) in [4.78, 5) is 17.7. The molecule has 5 rings (SSSR count).